The molecule has 2 N–H and O–H groups in total. The number of carbonyl (C=O) groups is 1. The number of anilines is 1. The molecule has 1 saturated carbocycles. The van der Waals surface area contributed by atoms with Crippen molar-refractivity contribution in [3.63, 3.8) is 0 Å². The van der Waals surface area contributed by atoms with Crippen LogP contribution in [0.3, 0.4) is 0 Å². The van der Waals surface area contributed by atoms with Gasteiger partial charge in [0.05, 0.1) is 6.54 Å². The molecule has 0 aliphatic heterocycles. The predicted octanol–water partition coefficient (Wildman–Crippen LogP) is 2.08. The Labute approximate surface area is 124 Å². The second-order valence-electron chi connectivity index (χ2n) is 5.54. The van der Waals surface area contributed by atoms with Crippen molar-refractivity contribution >= 4 is 11.6 Å². The monoisotopic (exact) mass is 284 g/mol. The van der Waals surface area contributed by atoms with Crippen LogP contribution in [0.15, 0.2) is 36.7 Å². The van der Waals surface area contributed by atoms with Gasteiger partial charge in [-0.2, -0.15) is 0 Å². The van der Waals surface area contributed by atoms with Crippen molar-refractivity contribution in [1.82, 2.24) is 14.9 Å². The minimum atomic E-state index is -0.0359. The van der Waals surface area contributed by atoms with Crippen molar-refractivity contribution in [2.45, 2.75) is 38.9 Å². The first-order chi connectivity index (χ1) is 10.2. The molecule has 1 aliphatic carbocycles. The lowest BCUT2D eigenvalue weighted by Crippen LogP contribution is -2.23. The lowest BCUT2D eigenvalue weighted by atomic mass is 10.2. The Hall–Kier alpha value is -2.14. The van der Waals surface area contributed by atoms with Crippen molar-refractivity contribution < 1.29 is 4.79 Å². The summed E-state index contributed by atoms with van der Waals surface area (Å²) in [4.78, 5) is 16.4. The number of benzene rings is 1. The number of carbonyl (C=O) groups excluding carboxylic acids is 1. The minimum Gasteiger partial charge on any atom is -0.325 e. The Bertz CT molecular complexity index is 631. The summed E-state index contributed by atoms with van der Waals surface area (Å²) in [7, 11) is 0. The minimum absolute atomic E-state index is 0.0359. The third-order valence-electron chi connectivity index (χ3n) is 3.54. The zero-order valence-electron chi connectivity index (χ0n) is 12.2. The van der Waals surface area contributed by atoms with Gasteiger partial charge >= 0.3 is 0 Å². The normalized spacial score (nSPS) is 14.1. The van der Waals surface area contributed by atoms with E-state index in [9.17, 15) is 4.79 Å². The van der Waals surface area contributed by atoms with E-state index < -0.39 is 0 Å². The van der Waals surface area contributed by atoms with E-state index in [4.69, 9.17) is 0 Å². The second kappa shape index (κ2) is 6.10. The van der Waals surface area contributed by atoms with Crippen LogP contribution in [0.5, 0.6) is 0 Å². The molecule has 1 aromatic carbocycles. The molecule has 1 amide bonds. The highest BCUT2D eigenvalue weighted by Crippen LogP contribution is 2.19. The first-order valence-electron chi connectivity index (χ1n) is 7.30. The van der Waals surface area contributed by atoms with E-state index in [0.29, 0.717) is 6.04 Å². The molecule has 3 rings (SSSR count). The summed E-state index contributed by atoms with van der Waals surface area (Å²) in [6, 6.07) is 8.44. The fraction of sp³-hybridized carbons (Fsp3) is 0.375. The van der Waals surface area contributed by atoms with Gasteiger partial charge in [-0.05, 0) is 37.5 Å². The summed E-state index contributed by atoms with van der Waals surface area (Å²) in [6.07, 6.45) is 6.08. The molecule has 2 aromatic rings. The molecular weight excluding hydrogens is 264 g/mol. The average molecular weight is 284 g/mol. The third-order valence-corrected chi connectivity index (χ3v) is 3.54. The molecule has 0 atom stereocenters. The summed E-state index contributed by atoms with van der Waals surface area (Å²) in [6.45, 7) is 3.01. The molecule has 1 fully saturated rings. The highest BCUT2D eigenvalue weighted by Gasteiger charge is 2.21. The number of imidazole rings is 1. The molecule has 0 saturated heterocycles. The van der Waals surface area contributed by atoms with E-state index in [1.54, 1.807) is 6.20 Å². The first-order valence-corrected chi connectivity index (χ1v) is 7.30. The van der Waals surface area contributed by atoms with Crippen molar-refractivity contribution in [3.8, 4) is 0 Å². The number of rotatable bonds is 6. The van der Waals surface area contributed by atoms with Gasteiger partial charge in [-0.1, -0.05) is 12.1 Å². The summed E-state index contributed by atoms with van der Waals surface area (Å²) in [5.41, 5.74) is 1.96. The van der Waals surface area contributed by atoms with Crippen molar-refractivity contribution in [1.29, 1.82) is 0 Å². The lowest BCUT2D eigenvalue weighted by molar-refractivity contribution is -0.116. The van der Waals surface area contributed by atoms with Crippen molar-refractivity contribution in [2.24, 2.45) is 0 Å². The fourth-order valence-electron chi connectivity index (χ4n) is 2.25. The summed E-state index contributed by atoms with van der Waals surface area (Å²) >= 11 is 0. The van der Waals surface area contributed by atoms with E-state index in [1.165, 1.54) is 12.8 Å². The molecule has 1 aliphatic rings. The van der Waals surface area contributed by atoms with Crippen LogP contribution in [0, 0.1) is 6.92 Å². The Morgan fingerprint density at radius 3 is 3.05 bits per heavy atom. The largest absolute Gasteiger partial charge is 0.325 e. The molecular formula is C16H20N4O. The number of aryl methyl sites for hydroxylation is 1. The topological polar surface area (TPSA) is 59.0 Å². The van der Waals surface area contributed by atoms with E-state index in [2.05, 4.69) is 15.6 Å². The first kappa shape index (κ1) is 13.8. The smallest absolute Gasteiger partial charge is 0.244 e. The highest BCUT2D eigenvalue weighted by molar-refractivity contribution is 5.90. The van der Waals surface area contributed by atoms with Gasteiger partial charge in [0.25, 0.3) is 0 Å². The van der Waals surface area contributed by atoms with E-state index in [1.807, 2.05) is 42.0 Å². The summed E-state index contributed by atoms with van der Waals surface area (Å²) < 4.78 is 1.89. The van der Waals surface area contributed by atoms with Gasteiger partial charge in [-0.3, -0.25) is 4.79 Å². The summed E-state index contributed by atoms with van der Waals surface area (Å²) in [5, 5.41) is 6.33. The van der Waals surface area contributed by atoms with E-state index >= 15 is 0 Å². The van der Waals surface area contributed by atoms with Gasteiger partial charge in [0.2, 0.25) is 5.91 Å². The number of nitrogens with zero attached hydrogens (tertiary/aromatic N) is 2. The standard InChI is InChI=1S/C16H20N4O/c1-12-3-2-4-14(9-12)19-16(21)11-20-8-7-17-15(20)10-18-13-5-6-13/h2-4,7-9,13,18H,5-6,10-11H2,1H3,(H,19,21). The van der Waals surface area contributed by atoms with Gasteiger partial charge in [0.1, 0.15) is 12.4 Å². The maximum Gasteiger partial charge on any atom is 0.244 e. The maximum absolute atomic E-state index is 12.1. The summed E-state index contributed by atoms with van der Waals surface area (Å²) in [5.74, 6) is 0.868. The molecule has 5 nitrogen and oxygen atoms in total. The van der Waals surface area contributed by atoms with Crippen LogP contribution in [0.4, 0.5) is 5.69 Å². The zero-order valence-corrected chi connectivity index (χ0v) is 12.2. The second-order valence-corrected chi connectivity index (χ2v) is 5.54. The zero-order chi connectivity index (χ0) is 14.7. The molecule has 1 heterocycles. The quantitative estimate of drug-likeness (QED) is 0.854. The Kier molecular flexibility index (Phi) is 4.01. The fourth-order valence-corrected chi connectivity index (χ4v) is 2.25. The van der Waals surface area contributed by atoms with Crippen molar-refractivity contribution in [3.05, 3.63) is 48.0 Å². The van der Waals surface area contributed by atoms with Crippen LogP contribution < -0.4 is 10.6 Å². The van der Waals surface area contributed by atoms with E-state index in [0.717, 1.165) is 23.6 Å². The van der Waals surface area contributed by atoms with Crippen molar-refractivity contribution in [2.75, 3.05) is 5.32 Å². The molecule has 0 unspecified atom stereocenters. The van der Waals surface area contributed by atoms with Gasteiger partial charge in [0, 0.05) is 24.1 Å². The molecule has 110 valence electrons. The Morgan fingerprint density at radius 2 is 2.29 bits per heavy atom. The molecule has 0 spiro atoms. The van der Waals surface area contributed by atoms with Gasteiger partial charge in [-0.15, -0.1) is 0 Å². The number of hydrogen-bond acceptors (Lipinski definition) is 3. The average Bonchev–Trinajstić information content (AvgIpc) is 3.17. The SMILES string of the molecule is Cc1cccc(NC(=O)Cn2ccnc2CNC2CC2)c1. The Balaban J connectivity index is 1.57. The maximum atomic E-state index is 12.1. The number of nitrogens with one attached hydrogen (secondary N) is 2. The highest BCUT2D eigenvalue weighted by atomic mass is 16.1. The number of aromatic nitrogens is 2. The molecule has 5 heteroatoms. The molecule has 21 heavy (non-hydrogen) atoms. The third kappa shape index (κ3) is 3.92. The van der Waals surface area contributed by atoms with Crippen LogP contribution >= 0.6 is 0 Å². The van der Waals surface area contributed by atoms with Gasteiger partial charge in [0.15, 0.2) is 0 Å². The molecule has 1 aromatic heterocycles. The van der Waals surface area contributed by atoms with Gasteiger partial charge < -0.3 is 15.2 Å². The Morgan fingerprint density at radius 1 is 1.43 bits per heavy atom. The van der Waals surface area contributed by atoms with Crippen LogP contribution in [0.1, 0.15) is 24.2 Å². The van der Waals surface area contributed by atoms with Crippen LogP contribution in [0.25, 0.3) is 0 Å². The molecule has 0 radical (unpaired) electrons. The number of amides is 1. The van der Waals surface area contributed by atoms with Crippen LogP contribution in [0.2, 0.25) is 0 Å². The predicted molar refractivity (Wildman–Crippen MR) is 81.9 cm³/mol. The van der Waals surface area contributed by atoms with Crippen LogP contribution in [-0.4, -0.2) is 21.5 Å². The van der Waals surface area contributed by atoms with E-state index in [-0.39, 0.29) is 12.5 Å². The molecule has 0 bridgehead atoms. The van der Waals surface area contributed by atoms with Crippen LogP contribution in [-0.2, 0) is 17.9 Å². The number of hydrogen-bond donors (Lipinski definition) is 2. The van der Waals surface area contributed by atoms with Gasteiger partial charge in [-0.25, -0.2) is 4.98 Å². The lowest BCUT2D eigenvalue weighted by Gasteiger charge is -2.09.